The molecule has 0 amide bonds. The van der Waals surface area contributed by atoms with Crippen molar-refractivity contribution in [2.75, 3.05) is 0 Å². The molecule has 15 heavy (non-hydrogen) atoms. The Bertz CT molecular complexity index is 385. The first-order valence-electron chi connectivity index (χ1n) is 4.69. The largest absolute Gasteiger partial charge is 0.193 e. The van der Waals surface area contributed by atoms with Crippen LogP contribution in [0, 0.1) is 34.5 Å². The fourth-order valence-corrected chi connectivity index (χ4v) is 3.41. The third-order valence-corrected chi connectivity index (χ3v) is 5.28. The Morgan fingerprint density at radius 2 is 1.40 bits per heavy atom. The van der Waals surface area contributed by atoms with E-state index in [1.807, 2.05) is 12.2 Å². The quantitative estimate of drug-likeness (QED) is 0.642. The molecule has 0 aliphatic heterocycles. The highest BCUT2D eigenvalue weighted by molar-refractivity contribution is 9.10. The van der Waals surface area contributed by atoms with Crippen LogP contribution in [0.1, 0.15) is 6.42 Å². The van der Waals surface area contributed by atoms with E-state index in [2.05, 4.69) is 44.0 Å². The van der Waals surface area contributed by atoms with Crippen molar-refractivity contribution in [3.8, 4) is 12.1 Å². The molecule has 0 radical (unpaired) electrons. The second-order valence-corrected chi connectivity index (χ2v) is 5.81. The number of allylic oxidation sites excluding steroid dienone is 4. The first-order chi connectivity index (χ1) is 7.17. The molecule has 2 aliphatic carbocycles. The third kappa shape index (κ3) is 1.77. The highest BCUT2D eigenvalue weighted by Gasteiger charge is 2.37. The molecular formula is C11H8Br2N2. The molecule has 0 heterocycles. The zero-order valence-electron chi connectivity index (χ0n) is 7.82. The van der Waals surface area contributed by atoms with Gasteiger partial charge in [0.15, 0.2) is 0 Å². The molecule has 0 spiro atoms. The van der Waals surface area contributed by atoms with Crippen molar-refractivity contribution in [3.63, 3.8) is 0 Å². The maximum Gasteiger partial charge on any atom is 0.0956 e. The molecule has 0 fully saturated rings. The predicted octanol–water partition coefficient (Wildman–Crippen LogP) is 3.06. The van der Waals surface area contributed by atoms with E-state index in [-0.39, 0.29) is 21.5 Å². The number of rotatable bonds is 0. The third-order valence-electron chi connectivity index (χ3n) is 2.94. The molecule has 2 rings (SSSR count). The lowest BCUT2D eigenvalue weighted by atomic mass is 9.75. The van der Waals surface area contributed by atoms with E-state index in [0.717, 1.165) is 17.6 Å². The Hall–Kier alpha value is -0.580. The average Bonchev–Trinajstić information content (AvgIpc) is 2.26. The fraction of sp³-hybridized carbons (Fsp3) is 0.455. The van der Waals surface area contributed by atoms with Crippen LogP contribution in [0.15, 0.2) is 23.3 Å². The SMILES string of the molecule is N#CC1=C[C@@H]2C[C@@H](C=C(C#N)[C@@H]2Br)[C@H]1Br. The molecule has 0 aromatic rings. The van der Waals surface area contributed by atoms with Crippen LogP contribution in [0.3, 0.4) is 0 Å². The van der Waals surface area contributed by atoms with Crippen molar-refractivity contribution < 1.29 is 0 Å². The van der Waals surface area contributed by atoms with Gasteiger partial charge < -0.3 is 0 Å². The van der Waals surface area contributed by atoms with E-state index < -0.39 is 0 Å². The predicted molar refractivity (Wildman–Crippen MR) is 64.4 cm³/mol. The van der Waals surface area contributed by atoms with Crippen molar-refractivity contribution in [2.24, 2.45) is 11.8 Å². The topological polar surface area (TPSA) is 47.6 Å². The van der Waals surface area contributed by atoms with E-state index in [0.29, 0.717) is 0 Å². The molecule has 76 valence electrons. The van der Waals surface area contributed by atoms with Crippen LogP contribution in [-0.2, 0) is 0 Å². The summed E-state index contributed by atoms with van der Waals surface area (Å²) in [6.07, 6.45) is 4.97. The summed E-state index contributed by atoms with van der Waals surface area (Å²) in [4.78, 5) is 0.143. The number of alkyl halides is 2. The number of nitriles is 2. The molecule has 0 aromatic heterocycles. The molecule has 0 saturated carbocycles. The number of hydrogen-bond acceptors (Lipinski definition) is 2. The summed E-state index contributed by atoms with van der Waals surface area (Å²) in [5, 5.41) is 18.0. The Labute approximate surface area is 106 Å². The monoisotopic (exact) mass is 326 g/mol. The Kier molecular flexibility index (Phi) is 3.00. The van der Waals surface area contributed by atoms with Crippen LogP contribution < -0.4 is 0 Å². The van der Waals surface area contributed by atoms with Gasteiger partial charge in [-0.3, -0.25) is 0 Å². The molecular weight excluding hydrogens is 320 g/mol. The lowest BCUT2D eigenvalue weighted by Gasteiger charge is -2.35. The molecule has 0 N–H and O–H groups in total. The Morgan fingerprint density at radius 1 is 1.00 bits per heavy atom. The minimum atomic E-state index is 0.0714. The highest BCUT2D eigenvalue weighted by Crippen LogP contribution is 2.43. The lowest BCUT2D eigenvalue weighted by Crippen LogP contribution is -2.32. The zero-order valence-corrected chi connectivity index (χ0v) is 11.0. The van der Waals surface area contributed by atoms with Gasteiger partial charge in [0.1, 0.15) is 0 Å². The van der Waals surface area contributed by atoms with Gasteiger partial charge in [-0.1, -0.05) is 44.0 Å². The van der Waals surface area contributed by atoms with Gasteiger partial charge in [0, 0.05) is 11.1 Å². The minimum Gasteiger partial charge on any atom is -0.193 e. The summed E-state index contributed by atoms with van der Waals surface area (Å²) in [5.74, 6) is 0.552. The van der Waals surface area contributed by atoms with Crippen molar-refractivity contribution in [3.05, 3.63) is 23.3 Å². The molecule has 2 bridgehead atoms. The summed E-state index contributed by atoms with van der Waals surface area (Å²) in [6, 6.07) is 4.43. The first-order valence-corrected chi connectivity index (χ1v) is 6.52. The maximum atomic E-state index is 8.98. The van der Waals surface area contributed by atoms with Gasteiger partial charge in [0.2, 0.25) is 0 Å². The number of hydrogen-bond donors (Lipinski definition) is 0. The van der Waals surface area contributed by atoms with Crippen molar-refractivity contribution in [1.29, 1.82) is 10.5 Å². The van der Waals surface area contributed by atoms with E-state index in [4.69, 9.17) is 10.5 Å². The number of fused-ring (bicyclic) bond motifs is 2. The first kappa shape index (κ1) is 10.9. The molecule has 0 saturated heterocycles. The normalized spacial score (nSPS) is 38.4. The van der Waals surface area contributed by atoms with Gasteiger partial charge in [-0.25, -0.2) is 0 Å². The van der Waals surface area contributed by atoms with Crippen molar-refractivity contribution >= 4 is 31.9 Å². The molecule has 0 aromatic carbocycles. The van der Waals surface area contributed by atoms with Gasteiger partial charge in [-0.2, -0.15) is 10.5 Å². The molecule has 2 aliphatic rings. The smallest absolute Gasteiger partial charge is 0.0956 e. The highest BCUT2D eigenvalue weighted by atomic mass is 79.9. The van der Waals surface area contributed by atoms with Crippen LogP contribution in [0.2, 0.25) is 0 Å². The zero-order chi connectivity index (χ0) is 11.0. The van der Waals surface area contributed by atoms with E-state index in [1.165, 1.54) is 0 Å². The molecule has 2 nitrogen and oxygen atoms in total. The summed E-state index contributed by atoms with van der Waals surface area (Å²) in [6.45, 7) is 0. The van der Waals surface area contributed by atoms with Crippen LogP contribution >= 0.6 is 31.9 Å². The number of halogens is 2. The summed E-state index contributed by atoms with van der Waals surface area (Å²) in [5.41, 5.74) is 1.57. The second-order valence-electron chi connectivity index (χ2n) is 3.83. The molecule has 4 atom stereocenters. The molecule has 4 heteroatoms. The Morgan fingerprint density at radius 3 is 1.73 bits per heavy atom. The van der Waals surface area contributed by atoms with Crippen LogP contribution in [0.5, 0.6) is 0 Å². The fourth-order valence-electron chi connectivity index (χ4n) is 2.16. The van der Waals surface area contributed by atoms with Crippen LogP contribution in [0.25, 0.3) is 0 Å². The minimum absolute atomic E-state index is 0.0714. The van der Waals surface area contributed by atoms with Gasteiger partial charge in [0.05, 0.1) is 21.8 Å². The van der Waals surface area contributed by atoms with Crippen LogP contribution in [-0.4, -0.2) is 9.65 Å². The van der Waals surface area contributed by atoms with Gasteiger partial charge in [0.25, 0.3) is 0 Å². The van der Waals surface area contributed by atoms with Gasteiger partial charge >= 0.3 is 0 Å². The number of nitrogens with zero attached hydrogens (tertiary/aromatic N) is 2. The lowest BCUT2D eigenvalue weighted by molar-refractivity contribution is 0.448. The molecule has 0 unspecified atom stereocenters. The summed E-state index contributed by atoms with van der Waals surface area (Å²) >= 11 is 7.04. The van der Waals surface area contributed by atoms with E-state index >= 15 is 0 Å². The van der Waals surface area contributed by atoms with E-state index in [9.17, 15) is 0 Å². The summed E-state index contributed by atoms with van der Waals surface area (Å²) in [7, 11) is 0. The Balaban J connectivity index is 2.41. The van der Waals surface area contributed by atoms with Crippen molar-refractivity contribution in [2.45, 2.75) is 16.1 Å². The van der Waals surface area contributed by atoms with Gasteiger partial charge in [-0.15, -0.1) is 0 Å². The average molecular weight is 328 g/mol. The van der Waals surface area contributed by atoms with Crippen LogP contribution in [0.4, 0.5) is 0 Å². The van der Waals surface area contributed by atoms with Crippen molar-refractivity contribution in [1.82, 2.24) is 0 Å². The van der Waals surface area contributed by atoms with Gasteiger partial charge in [-0.05, 0) is 18.3 Å². The standard InChI is InChI=1S/C11H8Br2N2/c12-10-6-1-7(3-9(10)5-15)11(13)8(2-6)4-14/h2-3,6-7,10-11H,1H2/t6-,7-,10+,11+/m0/s1. The summed E-state index contributed by atoms with van der Waals surface area (Å²) < 4.78 is 0. The van der Waals surface area contributed by atoms with E-state index in [1.54, 1.807) is 0 Å². The maximum absolute atomic E-state index is 8.98. The second kappa shape index (κ2) is 4.12.